The number of likely N-dealkylation sites (N-methyl/N-ethyl adjacent to an activating group) is 1. The van der Waals surface area contributed by atoms with E-state index >= 15 is 0 Å². The summed E-state index contributed by atoms with van der Waals surface area (Å²) < 4.78 is 5.11. The zero-order valence-corrected chi connectivity index (χ0v) is 10.0. The van der Waals surface area contributed by atoms with Crippen molar-refractivity contribution in [1.82, 2.24) is 5.01 Å². The molecule has 0 saturated heterocycles. The molecular formula is C11H14N3O3-. The minimum Gasteiger partial charge on any atom is -0.548 e. The number of hydrogen-bond acceptors (Lipinski definition) is 5. The SMILES string of the molecule is COc1ccc(C)cc1N=NN(C)CC(=O)[O-]. The Morgan fingerprint density at radius 1 is 1.53 bits per heavy atom. The van der Waals surface area contributed by atoms with Crippen LogP contribution in [0.5, 0.6) is 5.75 Å². The van der Waals surface area contributed by atoms with E-state index in [1.165, 1.54) is 19.2 Å². The van der Waals surface area contributed by atoms with E-state index in [0.717, 1.165) is 5.56 Å². The average Bonchev–Trinajstić information content (AvgIpc) is 2.25. The number of methoxy groups -OCH3 is 1. The van der Waals surface area contributed by atoms with Gasteiger partial charge in [0, 0.05) is 7.05 Å². The van der Waals surface area contributed by atoms with Crippen LogP contribution in [0.15, 0.2) is 28.5 Å². The number of aryl methyl sites for hydroxylation is 1. The minimum absolute atomic E-state index is 0.308. The topological polar surface area (TPSA) is 77.3 Å². The summed E-state index contributed by atoms with van der Waals surface area (Å²) >= 11 is 0. The normalized spacial score (nSPS) is 10.5. The van der Waals surface area contributed by atoms with Gasteiger partial charge in [0.15, 0.2) is 0 Å². The molecule has 0 heterocycles. The second kappa shape index (κ2) is 5.83. The Morgan fingerprint density at radius 2 is 2.24 bits per heavy atom. The maximum absolute atomic E-state index is 10.3. The first-order valence-corrected chi connectivity index (χ1v) is 5.00. The summed E-state index contributed by atoms with van der Waals surface area (Å²) in [6.07, 6.45) is 0. The molecule has 0 bridgehead atoms. The van der Waals surface area contributed by atoms with Crippen LogP contribution in [-0.2, 0) is 4.79 Å². The number of benzene rings is 1. The van der Waals surface area contributed by atoms with Gasteiger partial charge in [-0.1, -0.05) is 11.3 Å². The van der Waals surface area contributed by atoms with Crippen LogP contribution in [0.2, 0.25) is 0 Å². The molecule has 0 spiro atoms. The summed E-state index contributed by atoms with van der Waals surface area (Å²) in [6, 6.07) is 5.47. The van der Waals surface area contributed by atoms with E-state index in [1.54, 1.807) is 12.1 Å². The number of carboxylic acids is 1. The Kier molecular flexibility index (Phi) is 4.45. The van der Waals surface area contributed by atoms with Crippen LogP contribution in [0, 0.1) is 6.92 Å². The standard InChI is InChI=1S/C11H15N3O3/c1-8-4-5-10(17-3)9(6-8)12-13-14(2)7-11(15)16/h4-6H,7H2,1-3H3,(H,15,16)/p-1. The largest absolute Gasteiger partial charge is 0.548 e. The second-order valence-corrected chi connectivity index (χ2v) is 3.55. The monoisotopic (exact) mass is 236 g/mol. The van der Waals surface area contributed by atoms with Gasteiger partial charge in [0.2, 0.25) is 0 Å². The van der Waals surface area contributed by atoms with Crippen molar-refractivity contribution >= 4 is 11.7 Å². The predicted molar refractivity (Wildman–Crippen MR) is 59.9 cm³/mol. The summed E-state index contributed by atoms with van der Waals surface area (Å²) in [5.41, 5.74) is 1.57. The van der Waals surface area contributed by atoms with Gasteiger partial charge < -0.3 is 14.6 Å². The molecule has 17 heavy (non-hydrogen) atoms. The van der Waals surface area contributed by atoms with Crippen LogP contribution in [-0.4, -0.2) is 31.7 Å². The molecule has 0 atom stereocenters. The van der Waals surface area contributed by atoms with E-state index in [-0.39, 0.29) is 6.54 Å². The van der Waals surface area contributed by atoms with Gasteiger partial charge in [-0.2, -0.15) is 0 Å². The highest BCUT2D eigenvalue weighted by Crippen LogP contribution is 2.28. The zero-order valence-electron chi connectivity index (χ0n) is 10.0. The molecule has 6 heteroatoms. The molecule has 0 aromatic heterocycles. The third-order valence-corrected chi connectivity index (χ3v) is 2.00. The lowest BCUT2D eigenvalue weighted by atomic mass is 10.2. The average molecular weight is 236 g/mol. The molecule has 0 saturated carbocycles. The van der Waals surface area contributed by atoms with Crippen LogP contribution < -0.4 is 9.84 Å². The Morgan fingerprint density at radius 3 is 2.82 bits per heavy atom. The van der Waals surface area contributed by atoms with Crippen molar-refractivity contribution in [2.45, 2.75) is 6.92 Å². The Bertz CT molecular complexity index is 432. The van der Waals surface area contributed by atoms with Crippen molar-refractivity contribution in [2.24, 2.45) is 10.3 Å². The third-order valence-electron chi connectivity index (χ3n) is 2.00. The predicted octanol–water partition coefficient (Wildman–Crippen LogP) is 0.684. The lowest BCUT2D eigenvalue weighted by Gasteiger charge is -2.11. The number of aliphatic carboxylic acids is 1. The first kappa shape index (κ1) is 13.0. The highest BCUT2D eigenvalue weighted by molar-refractivity contribution is 5.66. The molecule has 0 unspecified atom stereocenters. The lowest BCUT2D eigenvalue weighted by Crippen LogP contribution is -2.33. The summed E-state index contributed by atoms with van der Waals surface area (Å²) in [5.74, 6) is -0.621. The van der Waals surface area contributed by atoms with Gasteiger partial charge in [0.05, 0.1) is 19.6 Å². The molecule has 0 aliphatic rings. The van der Waals surface area contributed by atoms with Crippen molar-refractivity contribution in [1.29, 1.82) is 0 Å². The number of nitrogens with zero attached hydrogens (tertiary/aromatic N) is 3. The van der Waals surface area contributed by atoms with Crippen molar-refractivity contribution < 1.29 is 14.6 Å². The number of carbonyl (C=O) groups is 1. The molecule has 1 aromatic rings. The fourth-order valence-electron chi connectivity index (χ4n) is 1.22. The molecular weight excluding hydrogens is 222 g/mol. The lowest BCUT2D eigenvalue weighted by molar-refractivity contribution is -0.306. The first-order chi connectivity index (χ1) is 8.02. The number of ether oxygens (including phenoxy) is 1. The quantitative estimate of drug-likeness (QED) is 0.556. The van der Waals surface area contributed by atoms with Crippen LogP contribution >= 0.6 is 0 Å². The maximum atomic E-state index is 10.3. The molecule has 0 radical (unpaired) electrons. The van der Waals surface area contributed by atoms with E-state index in [9.17, 15) is 9.90 Å². The van der Waals surface area contributed by atoms with Gasteiger partial charge in [-0.3, -0.25) is 5.01 Å². The number of carbonyl (C=O) groups excluding carboxylic acids is 1. The molecule has 0 aliphatic carbocycles. The van der Waals surface area contributed by atoms with Crippen LogP contribution in [0.1, 0.15) is 5.56 Å². The summed E-state index contributed by atoms with van der Waals surface area (Å²) in [6.45, 7) is 1.61. The smallest absolute Gasteiger partial charge is 0.146 e. The molecule has 0 aliphatic heterocycles. The van der Waals surface area contributed by atoms with Crippen molar-refractivity contribution in [3.63, 3.8) is 0 Å². The van der Waals surface area contributed by atoms with Gasteiger partial charge in [-0.15, -0.1) is 5.11 Å². The fraction of sp³-hybridized carbons (Fsp3) is 0.364. The molecule has 92 valence electrons. The van der Waals surface area contributed by atoms with E-state index in [4.69, 9.17) is 4.74 Å². The van der Waals surface area contributed by atoms with Gasteiger partial charge in [-0.25, -0.2) is 0 Å². The van der Waals surface area contributed by atoms with E-state index in [2.05, 4.69) is 10.3 Å². The second-order valence-electron chi connectivity index (χ2n) is 3.55. The van der Waals surface area contributed by atoms with Crippen LogP contribution in [0.3, 0.4) is 0 Å². The molecule has 6 nitrogen and oxygen atoms in total. The zero-order chi connectivity index (χ0) is 12.8. The van der Waals surface area contributed by atoms with Crippen LogP contribution in [0.25, 0.3) is 0 Å². The summed E-state index contributed by atoms with van der Waals surface area (Å²) in [5, 5.41) is 19.2. The fourth-order valence-corrected chi connectivity index (χ4v) is 1.22. The van der Waals surface area contributed by atoms with Gasteiger partial charge in [-0.05, 0) is 24.6 Å². The van der Waals surface area contributed by atoms with E-state index < -0.39 is 5.97 Å². The van der Waals surface area contributed by atoms with Gasteiger partial charge in [0.25, 0.3) is 0 Å². The van der Waals surface area contributed by atoms with Crippen molar-refractivity contribution in [3.8, 4) is 5.75 Å². The summed E-state index contributed by atoms with van der Waals surface area (Å²) in [7, 11) is 3.04. The molecule has 0 fully saturated rings. The molecule has 1 rings (SSSR count). The number of hydrogen-bond donors (Lipinski definition) is 0. The van der Waals surface area contributed by atoms with Crippen molar-refractivity contribution in [2.75, 3.05) is 20.7 Å². The van der Waals surface area contributed by atoms with Crippen LogP contribution in [0.4, 0.5) is 5.69 Å². The highest BCUT2D eigenvalue weighted by atomic mass is 16.5. The molecule has 0 amide bonds. The van der Waals surface area contributed by atoms with Gasteiger partial charge >= 0.3 is 0 Å². The first-order valence-electron chi connectivity index (χ1n) is 5.00. The summed E-state index contributed by atoms with van der Waals surface area (Å²) in [4.78, 5) is 10.3. The third kappa shape index (κ3) is 4.10. The Labute approximate surface area is 99.5 Å². The Hall–Kier alpha value is -2.11. The van der Waals surface area contributed by atoms with Crippen molar-refractivity contribution in [3.05, 3.63) is 23.8 Å². The number of carboxylic acid groups (broad SMARTS) is 1. The highest BCUT2D eigenvalue weighted by Gasteiger charge is 2.02. The van der Waals surface area contributed by atoms with Gasteiger partial charge in [0.1, 0.15) is 11.4 Å². The maximum Gasteiger partial charge on any atom is 0.146 e. The minimum atomic E-state index is -1.21. The molecule has 0 N–H and O–H groups in total. The van der Waals surface area contributed by atoms with E-state index in [1.807, 2.05) is 13.0 Å². The van der Waals surface area contributed by atoms with E-state index in [0.29, 0.717) is 11.4 Å². The Balaban J connectivity index is 2.82. The molecule has 1 aromatic carbocycles. The number of rotatable bonds is 5.